The summed E-state index contributed by atoms with van der Waals surface area (Å²) in [4.78, 5) is 13.0. The number of hydrogen-bond donors (Lipinski definition) is 1. The molecule has 0 aliphatic rings. The summed E-state index contributed by atoms with van der Waals surface area (Å²) in [5.41, 5.74) is 4.31. The van der Waals surface area contributed by atoms with Crippen LogP contribution in [-0.2, 0) is 0 Å². The molecule has 1 aromatic heterocycles. The van der Waals surface area contributed by atoms with Gasteiger partial charge in [-0.3, -0.25) is 15.1 Å². The Morgan fingerprint density at radius 3 is 2.75 bits per heavy atom. The Bertz CT molecular complexity index is 340. The lowest BCUT2D eigenvalue weighted by atomic mass is 10.3. The molecule has 0 amide bonds. The van der Waals surface area contributed by atoms with Crippen molar-refractivity contribution in [3.8, 4) is 0 Å². The second-order valence-electron chi connectivity index (χ2n) is 2.21. The third-order valence-corrected chi connectivity index (χ3v) is 1.41. The number of aryl methyl sites for hydroxylation is 1. The first-order valence-corrected chi connectivity index (χ1v) is 3.09. The maximum Gasteiger partial charge on any atom is 0.316 e. The SMILES string of the molecule is Cc1ncc(F)c(N)c1[N+](=O)[O-]. The van der Waals surface area contributed by atoms with Crippen molar-refractivity contribution >= 4 is 11.4 Å². The van der Waals surface area contributed by atoms with Crippen molar-refractivity contribution in [3.63, 3.8) is 0 Å². The molecule has 6 heteroatoms. The van der Waals surface area contributed by atoms with Crippen molar-refractivity contribution in [1.29, 1.82) is 0 Å². The number of halogens is 1. The lowest BCUT2D eigenvalue weighted by molar-refractivity contribution is -0.384. The molecule has 0 unspecified atom stereocenters. The Hall–Kier alpha value is -1.72. The van der Waals surface area contributed by atoms with E-state index < -0.39 is 22.1 Å². The highest BCUT2D eigenvalue weighted by molar-refractivity contribution is 5.60. The van der Waals surface area contributed by atoms with E-state index in [0.29, 0.717) is 0 Å². The normalized spacial score (nSPS) is 9.83. The number of aromatic nitrogens is 1. The molecule has 12 heavy (non-hydrogen) atoms. The number of pyridine rings is 1. The lowest BCUT2D eigenvalue weighted by Gasteiger charge is -1.99. The van der Waals surface area contributed by atoms with Gasteiger partial charge in [-0.15, -0.1) is 0 Å². The zero-order valence-electron chi connectivity index (χ0n) is 6.24. The number of nitrogen functional groups attached to an aromatic ring is 1. The maximum atomic E-state index is 12.6. The number of hydrogen-bond acceptors (Lipinski definition) is 4. The first-order valence-electron chi connectivity index (χ1n) is 3.09. The van der Waals surface area contributed by atoms with Gasteiger partial charge >= 0.3 is 5.69 Å². The van der Waals surface area contributed by atoms with E-state index in [-0.39, 0.29) is 5.69 Å². The fourth-order valence-electron chi connectivity index (χ4n) is 0.823. The van der Waals surface area contributed by atoms with Crippen molar-refractivity contribution in [1.82, 2.24) is 4.98 Å². The van der Waals surface area contributed by atoms with Gasteiger partial charge in [0.05, 0.1) is 11.1 Å². The Balaban J connectivity index is 3.43. The zero-order valence-corrected chi connectivity index (χ0v) is 6.24. The molecule has 0 atom stereocenters. The van der Waals surface area contributed by atoms with Crippen LogP contribution in [0, 0.1) is 22.9 Å². The zero-order chi connectivity index (χ0) is 9.30. The molecule has 0 aromatic carbocycles. The number of nitrogens with two attached hydrogens (primary N) is 1. The summed E-state index contributed by atoms with van der Waals surface area (Å²) < 4.78 is 12.6. The summed E-state index contributed by atoms with van der Waals surface area (Å²) in [5, 5.41) is 10.3. The number of nitro groups is 1. The van der Waals surface area contributed by atoms with Crippen LogP contribution in [0.25, 0.3) is 0 Å². The van der Waals surface area contributed by atoms with Crippen LogP contribution in [0.4, 0.5) is 15.8 Å². The van der Waals surface area contributed by atoms with Crippen LogP contribution in [0.2, 0.25) is 0 Å². The van der Waals surface area contributed by atoms with Crippen molar-refractivity contribution in [2.75, 3.05) is 5.73 Å². The highest BCUT2D eigenvalue weighted by Gasteiger charge is 2.19. The second-order valence-corrected chi connectivity index (χ2v) is 2.21. The van der Waals surface area contributed by atoms with E-state index in [9.17, 15) is 14.5 Å². The van der Waals surface area contributed by atoms with Gasteiger partial charge in [0.1, 0.15) is 5.69 Å². The van der Waals surface area contributed by atoms with Crippen molar-refractivity contribution in [3.05, 3.63) is 27.8 Å². The fourth-order valence-corrected chi connectivity index (χ4v) is 0.823. The third-order valence-electron chi connectivity index (χ3n) is 1.41. The van der Waals surface area contributed by atoms with Crippen molar-refractivity contribution < 1.29 is 9.31 Å². The van der Waals surface area contributed by atoms with Crippen LogP contribution >= 0.6 is 0 Å². The lowest BCUT2D eigenvalue weighted by Crippen LogP contribution is -2.02. The fraction of sp³-hybridized carbons (Fsp3) is 0.167. The van der Waals surface area contributed by atoms with Gasteiger partial charge < -0.3 is 5.73 Å². The molecule has 0 fully saturated rings. The van der Waals surface area contributed by atoms with Crippen LogP contribution in [0.5, 0.6) is 0 Å². The average Bonchev–Trinajstić information content (AvgIpc) is 1.97. The largest absolute Gasteiger partial charge is 0.391 e. The molecule has 1 aromatic rings. The third kappa shape index (κ3) is 1.18. The van der Waals surface area contributed by atoms with Crippen LogP contribution in [0.1, 0.15) is 5.69 Å². The monoisotopic (exact) mass is 171 g/mol. The van der Waals surface area contributed by atoms with E-state index >= 15 is 0 Å². The highest BCUT2D eigenvalue weighted by Crippen LogP contribution is 2.25. The Kier molecular flexibility index (Phi) is 1.90. The summed E-state index contributed by atoms with van der Waals surface area (Å²) in [5.74, 6) is -0.868. The van der Waals surface area contributed by atoms with Gasteiger partial charge in [0.25, 0.3) is 0 Å². The topological polar surface area (TPSA) is 82.0 Å². The first-order chi connectivity index (χ1) is 5.54. The first kappa shape index (κ1) is 8.38. The predicted molar refractivity (Wildman–Crippen MR) is 40.0 cm³/mol. The number of rotatable bonds is 1. The molecular formula is C6H6FN3O2. The molecule has 0 bridgehead atoms. The molecule has 64 valence electrons. The summed E-state index contributed by atoms with van der Waals surface area (Å²) >= 11 is 0. The van der Waals surface area contributed by atoms with E-state index in [1.165, 1.54) is 6.92 Å². The molecular weight excluding hydrogens is 165 g/mol. The minimum atomic E-state index is -0.868. The predicted octanol–water partition coefficient (Wildman–Crippen LogP) is 1.02. The van der Waals surface area contributed by atoms with Crippen LogP contribution in [-0.4, -0.2) is 9.91 Å². The number of nitrogens with zero attached hydrogens (tertiary/aromatic N) is 2. The maximum absolute atomic E-state index is 12.6. The Morgan fingerprint density at radius 1 is 1.75 bits per heavy atom. The molecule has 0 spiro atoms. The van der Waals surface area contributed by atoms with E-state index in [0.717, 1.165) is 6.20 Å². The molecule has 0 saturated heterocycles. The van der Waals surface area contributed by atoms with E-state index in [2.05, 4.69) is 4.98 Å². The van der Waals surface area contributed by atoms with Gasteiger partial charge in [0.2, 0.25) is 0 Å². The summed E-state index contributed by atoms with van der Waals surface area (Å²) in [6, 6.07) is 0. The molecule has 1 rings (SSSR count). The molecule has 0 radical (unpaired) electrons. The van der Waals surface area contributed by atoms with Gasteiger partial charge in [-0.25, -0.2) is 4.39 Å². The van der Waals surface area contributed by atoms with Gasteiger partial charge in [0, 0.05) is 0 Å². The summed E-state index contributed by atoms with van der Waals surface area (Å²) in [7, 11) is 0. The van der Waals surface area contributed by atoms with Gasteiger partial charge in [-0.05, 0) is 6.92 Å². The molecule has 5 nitrogen and oxygen atoms in total. The Morgan fingerprint density at radius 2 is 2.33 bits per heavy atom. The molecule has 0 saturated carbocycles. The van der Waals surface area contributed by atoms with Gasteiger partial charge in [0.15, 0.2) is 11.5 Å². The average molecular weight is 171 g/mol. The van der Waals surface area contributed by atoms with E-state index in [4.69, 9.17) is 5.73 Å². The Labute approximate surface area is 67.2 Å². The summed E-state index contributed by atoms with van der Waals surface area (Å²) in [6.45, 7) is 1.40. The molecule has 2 N–H and O–H groups in total. The van der Waals surface area contributed by atoms with E-state index in [1.54, 1.807) is 0 Å². The summed E-state index contributed by atoms with van der Waals surface area (Å²) in [6.07, 6.45) is 0.859. The quantitative estimate of drug-likeness (QED) is 0.505. The van der Waals surface area contributed by atoms with E-state index in [1.807, 2.05) is 0 Å². The smallest absolute Gasteiger partial charge is 0.316 e. The van der Waals surface area contributed by atoms with Crippen molar-refractivity contribution in [2.24, 2.45) is 0 Å². The second kappa shape index (κ2) is 2.72. The van der Waals surface area contributed by atoms with Crippen LogP contribution in [0.15, 0.2) is 6.20 Å². The number of anilines is 1. The van der Waals surface area contributed by atoms with Gasteiger partial charge in [-0.2, -0.15) is 0 Å². The highest BCUT2D eigenvalue weighted by atomic mass is 19.1. The molecule has 0 aliphatic carbocycles. The minimum Gasteiger partial charge on any atom is -0.391 e. The molecule has 0 aliphatic heterocycles. The minimum absolute atomic E-state index is 0.110. The van der Waals surface area contributed by atoms with Gasteiger partial charge in [-0.1, -0.05) is 0 Å². The van der Waals surface area contributed by atoms with Crippen LogP contribution in [0.3, 0.4) is 0 Å². The van der Waals surface area contributed by atoms with Crippen LogP contribution < -0.4 is 5.73 Å². The standard InChI is InChI=1S/C6H6FN3O2/c1-3-6(10(11)12)5(8)4(7)2-9-3/h2H,1H3,(H2,8,9). The molecule has 1 heterocycles. The van der Waals surface area contributed by atoms with Crippen molar-refractivity contribution in [2.45, 2.75) is 6.92 Å².